The highest BCUT2D eigenvalue weighted by atomic mass is 16.5. The predicted molar refractivity (Wildman–Crippen MR) is 65.3 cm³/mol. The summed E-state index contributed by atoms with van der Waals surface area (Å²) in [7, 11) is 2.06. The summed E-state index contributed by atoms with van der Waals surface area (Å²) >= 11 is 0. The third kappa shape index (κ3) is 4.12. The van der Waals surface area contributed by atoms with Crippen LogP contribution in [0.5, 0.6) is 0 Å². The summed E-state index contributed by atoms with van der Waals surface area (Å²) in [4.78, 5) is 13.8. The predicted octanol–water partition coefficient (Wildman–Crippen LogP) is 2.45. The zero-order valence-electron chi connectivity index (χ0n) is 11.1. The largest absolute Gasteiger partial charge is 0.464 e. The zero-order chi connectivity index (χ0) is 12.2. The van der Waals surface area contributed by atoms with Gasteiger partial charge in [-0.1, -0.05) is 12.8 Å². The fraction of sp³-hybridized carbons (Fsp3) is 0.923. The number of rotatable bonds is 4. The van der Waals surface area contributed by atoms with Gasteiger partial charge in [-0.2, -0.15) is 0 Å². The highest BCUT2D eigenvalue weighted by Gasteiger charge is 2.24. The minimum atomic E-state index is 0.0137. The number of esters is 1. The van der Waals surface area contributed by atoms with Gasteiger partial charge in [0.05, 0.1) is 5.92 Å². The van der Waals surface area contributed by atoms with Gasteiger partial charge in [0.2, 0.25) is 0 Å². The highest BCUT2D eigenvalue weighted by Crippen LogP contribution is 2.25. The highest BCUT2D eigenvalue weighted by molar-refractivity contribution is 5.72. The molecule has 0 bridgehead atoms. The van der Waals surface area contributed by atoms with E-state index in [-0.39, 0.29) is 17.4 Å². The van der Waals surface area contributed by atoms with E-state index in [9.17, 15) is 4.79 Å². The first kappa shape index (κ1) is 13.5. The van der Waals surface area contributed by atoms with Gasteiger partial charge in [0.15, 0.2) is 0 Å². The van der Waals surface area contributed by atoms with Gasteiger partial charge < -0.3 is 4.74 Å². The second-order valence-electron chi connectivity index (χ2n) is 5.74. The molecule has 1 fully saturated rings. The number of carbonyl (C=O) groups is 1. The summed E-state index contributed by atoms with van der Waals surface area (Å²) in [6.07, 6.45) is 4.41. The standard InChI is InChI=1S/C13H25NO2/c1-13(2,3)14(4)9-10-16-12(15)11-7-5-6-8-11/h11H,5-10H2,1-4H3. The van der Waals surface area contributed by atoms with Gasteiger partial charge in [0.25, 0.3) is 0 Å². The summed E-state index contributed by atoms with van der Waals surface area (Å²) < 4.78 is 5.31. The van der Waals surface area contributed by atoms with Gasteiger partial charge in [-0.15, -0.1) is 0 Å². The van der Waals surface area contributed by atoms with Crippen molar-refractivity contribution in [3.8, 4) is 0 Å². The van der Waals surface area contributed by atoms with Crippen LogP contribution in [0.4, 0.5) is 0 Å². The Kier molecular flexibility index (Phi) is 4.78. The van der Waals surface area contributed by atoms with Crippen LogP contribution in [0.1, 0.15) is 46.5 Å². The maximum Gasteiger partial charge on any atom is 0.308 e. The molecule has 0 saturated heterocycles. The van der Waals surface area contributed by atoms with E-state index in [2.05, 4.69) is 32.7 Å². The maximum absolute atomic E-state index is 11.6. The maximum atomic E-state index is 11.6. The van der Waals surface area contributed by atoms with Crippen LogP contribution in [-0.2, 0) is 9.53 Å². The molecule has 0 atom stereocenters. The average Bonchev–Trinajstić information content (AvgIpc) is 2.68. The molecule has 3 heteroatoms. The first-order valence-electron chi connectivity index (χ1n) is 6.29. The van der Waals surface area contributed by atoms with Crippen molar-refractivity contribution in [1.29, 1.82) is 0 Å². The van der Waals surface area contributed by atoms with Gasteiger partial charge in [-0.25, -0.2) is 0 Å². The summed E-state index contributed by atoms with van der Waals surface area (Å²) in [5.74, 6) is 0.194. The molecule has 0 heterocycles. The normalized spacial score (nSPS) is 18.1. The van der Waals surface area contributed by atoms with Crippen molar-refractivity contribution in [2.24, 2.45) is 5.92 Å². The van der Waals surface area contributed by atoms with Crippen LogP contribution in [0, 0.1) is 5.92 Å². The van der Waals surface area contributed by atoms with Crippen LogP contribution >= 0.6 is 0 Å². The molecule has 0 spiro atoms. The lowest BCUT2D eigenvalue weighted by molar-refractivity contribution is -0.148. The Morgan fingerprint density at radius 1 is 1.31 bits per heavy atom. The fourth-order valence-electron chi connectivity index (χ4n) is 1.90. The van der Waals surface area contributed by atoms with Gasteiger partial charge in [-0.3, -0.25) is 9.69 Å². The Labute approximate surface area is 99.1 Å². The lowest BCUT2D eigenvalue weighted by Crippen LogP contribution is -2.40. The van der Waals surface area contributed by atoms with Crippen molar-refractivity contribution >= 4 is 5.97 Å². The molecule has 0 amide bonds. The molecule has 0 N–H and O–H groups in total. The molecule has 0 aliphatic heterocycles. The van der Waals surface area contributed by atoms with E-state index in [0.29, 0.717) is 6.61 Å². The average molecular weight is 227 g/mol. The summed E-state index contributed by atoms with van der Waals surface area (Å²) in [6, 6.07) is 0. The van der Waals surface area contributed by atoms with Gasteiger partial charge in [-0.05, 0) is 40.7 Å². The number of hydrogen-bond donors (Lipinski definition) is 0. The lowest BCUT2D eigenvalue weighted by atomic mass is 10.1. The Balaban J connectivity index is 2.17. The SMILES string of the molecule is CN(CCOC(=O)C1CCCC1)C(C)(C)C. The van der Waals surface area contributed by atoms with E-state index in [1.807, 2.05) is 0 Å². The molecule has 3 nitrogen and oxygen atoms in total. The van der Waals surface area contributed by atoms with Gasteiger partial charge in [0, 0.05) is 12.1 Å². The number of ether oxygens (including phenoxy) is 1. The molecule has 0 aromatic heterocycles. The lowest BCUT2D eigenvalue weighted by Gasteiger charge is -2.31. The smallest absolute Gasteiger partial charge is 0.308 e. The van der Waals surface area contributed by atoms with Gasteiger partial charge >= 0.3 is 5.97 Å². The van der Waals surface area contributed by atoms with Crippen molar-refractivity contribution in [3.63, 3.8) is 0 Å². The van der Waals surface area contributed by atoms with Crippen molar-refractivity contribution < 1.29 is 9.53 Å². The first-order valence-corrected chi connectivity index (χ1v) is 6.29. The van der Waals surface area contributed by atoms with Crippen LogP contribution in [-0.4, -0.2) is 36.6 Å². The van der Waals surface area contributed by atoms with E-state index in [0.717, 1.165) is 19.4 Å². The third-order valence-electron chi connectivity index (χ3n) is 3.50. The summed E-state index contributed by atoms with van der Waals surface area (Å²) in [5, 5.41) is 0. The van der Waals surface area contributed by atoms with Crippen LogP contribution in [0.2, 0.25) is 0 Å². The fourth-order valence-corrected chi connectivity index (χ4v) is 1.90. The number of likely N-dealkylation sites (N-methyl/N-ethyl adjacent to an activating group) is 1. The van der Waals surface area contributed by atoms with Crippen LogP contribution in [0.15, 0.2) is 0 Å². The quantitative estimate of drug-likeness (QED) is 0.691. The second-order valence-corrected chi connectivity index (χ2v) is 5.74. The molecule has 1 rings (SSSR count). The molecule has 1 saturated carbocycles. The van der Waals surface area contributed by atoms with Crippen LogP contribution in [0.25, 0.3) is 0 Å². The van der Waals surface area contributed by atoms with E-state index < -0.39 is 0 Å². The van der Waals surface area contributed by atoms with Crippen LogP contribution in [0.3, 0.4) is 0 Å². The second kappa shape index (κ2) is 5.67. The van der Waals surface area contributed by atoms with Gasteiger partial charge in [0.1, 0.15) is 6.61 Å². The molecule has 0 aromatic rings. The first-order chi connectivity index (χ1) is 7.41. The number of nitrogens with zero attached hydrogens (tertiary/aromatic N) is 1. The molecule has 0 aromatic carbocycles. The van der Waals surface area contributed by atoms with E-state index in [4.69, 9.17) is 4.74 Å². The Morgan fingerprint density at radius 3 is 2.38 bits per heavy atom. The number of carbonyl (C=O) groups excluding carboxylic acids is 1. The molecule has 0 radical (unpaired) electrons. The molecule has 1 aliphatic rings. The van der Waals surface area contributed by atoms with Crippen LogP contribution < -0.4 is 0 Å². The minimum Gasteiger partial charge on any atom is -0.464 e. The molecular weight excluding hydrogens is 202 g/mol. The topological polar surface area (TPSA) is 29.5 Å². The van der Waals surface area contributed by atoms with Crippen molar-refractivity contribution in [3.05, 3.63) is 0 Å². The molecule has 0 unspecified atom stereocenters. The van der Waals surface area contributed by atoms with E-state index >= 15 is 0 Å². The third-order valence-corrected chi connectivity index (χ3v) is 3.50. The molecule has 1 aliphatic carbocycles. The molecule has 16 heavy (non-hydrogen) atoms. The Morgan fingerprint density at radius 2 is 1.88 bits per heavy atom. The summed E-state index contributed by atoms with van der Waals surface area (Å²) in [6.45, 7) is 7.80. The van der Waals surface area contributed by atoms with Crippen molar-refractivity contribution in [2.45, 2.75) is 52.0 Å². The van der Waals surface area contributed by atoms with Crippen molar-refractivity contribution in [1.82, 2.24) is 4.90 Å². The Hall–Kier alpha value is -0.570. The van der Waals surface area contributed by atoms with Crippen molar-refractivity contribution in [2.75, 3.05) is 20.2 Å². The Bertz CT molecular complexity index is 227. The zero-order valence-corrected chi connectivity index (χ0v) is 11.1. The number of hydrogen-bond acceptors (Lipinski definition) is 3. The summed E-state index contributed by atoms with van der Waals surface area (Å²) in [5.41, 5.74) is 0.139. The molecule has 94 valence electrons. The van der Waals surface area contributed by atoms with E-state index in [1.54, 1.807) is 0 Å². The molecular formula is C13H25NO2. The monoisotopic (exact) mass is 227 g/mol. The van der Waals surface area contributed by atoms with E-state index in [1.165, 1.54) is 12.8 Å². The minimum absolute atomic E-state index is 0.0137.